The third-order valence-corrected chi connectivity index (χ3v) is 3.57. The van der Waals surface area contributed by atoms with E-state index in [1.165, 1.54) is 6.42 Å². The molecule has 1 fully saturated rings. The molecule has 21 heavy (non-hydrogen) atoms. The fourth-order valence-corrected chi connectivity index (χ4v) is 3.17. The number of hydrogen-bond donors (Lipinski definition) is 1. The lowest BCUT2D eigenvalue weighted by Gasteiger charge is -2.38. The molecule has 0 amide bonds. The van der Waals surface area contributed by atoms with Crippen LogP contribution in [0.2, 0.25) is 0 Å². The van der Waals surface area contributed by atoms with Crippen LogP contribution in [-0.2, 0) is 0 Å². The van der Waals surface area contributed by atoms with Gasteiger partial charge in [0.05, 0.1) is 6.10 Å². The monoisotopic (exact) mass is 294 g/mol. The average molecular weight is 294 g/mol. The largest absolute Gasteiger partial charge is 0.461 e. The van der Waals surface area contributed by atoms with Crippen LogP contribution in [0.25, 0.3) is 0 Å². The molecule has 1 heterocycles. The van der Waals surface area contributed by atoms with Crippen LogP contribution in [0.1, 0.15) is 53.9 Å². The van der Waals surface area contributed by atoms with E-state index in [0.717, 1.165) is 12.8 Å². The minimum absolute atomic E-state index is 0.0201. The van der Waals surface area contributed by atoms with Crippen LogP contribution in [-0.4, -0.2) is 27.2 Å². The summed E-state index contributed by atoms with van der Waals surface area (Å²) in [5.74, 6) is 0.753. The summed E-state index contributed by atoms with van der Waals surface area (Å²) >= 11 is 0. The molecule has 2 rings (SSSR count). The summed E-state index contributed by atoms with van der Waals surface area (Å²) in [6.45, 7) is 10.6. The molecule has 2 unspecified atom stereocenters. The molecule has 1 aliphatic rings. The van der Waals surface area contributed by atoms with Crippen molar-refractivity contribution in [3.05, 3.63) is 0 Å². The van der Waals surface area contributed by atoms with Crippen LogP contribution in [0.5, 0.6) is 12.0 Å². The Labute approximate surface area is 126 Å². The number of aromatic nitrogens is 3. The molecule has 1 saturated carbocycles. The fourth-order valence-electron chi connectivity index (χ4n) is 3.17. The summed E-state index contributed by atoms with van der Waals surface area (Å²) in [5.41, 5.74) is 5.97. The van der Waals surface area contributed by atoms with Crippen molar-refractivity contribution < 1.29 is 9.47 Å². The first-order valence-electron chi connectivity index (χ1n) is 7.58. The Morgan fingerprint density at radius 2 is 1.81 bits per heavy atom. The van der Waals surface area contributed by atoms with Gasteiger partial charge >= 0.3 is 12.0 Å². The molecule has 1 aromatic heterocycles. The maximum atomic E-state index is 5.94. The molecule has 1 aliphatic carbocycles. The van der Waals surface area contributed by atoms with Gasteiger partial charge in [-0.3, -0.25) is 0 Å². The summed E-state index contributed by atoms with van der Waals surface area (Å²) in [5, 5.41) is 0. The van der Waals surface area contributed by atoms with Gasteiger partial charge in [0.25, 0.3) is 0 Å². The summed E-state index contributed by atoms with van der Waals surface area (Å²) < 4.78 is 11.4. The Kier molecular flexibility index (Phi) is 4.54. The van der Waals surface area contributed by atoms with Crippen molar-refractivity contribution in [3.8, 4) is 12.0 Å². The van der Waals surface area contributed by atoms with Crippen LogP contribution in [0.4, 0.5) is 5.95 Å². The summed E-state index contributed by atoms with van der Waals surface area (Å²) in [6, 6.07) is 0.476. The second-order valence-corrected chi connectivity index (χ2v) is 7.08. The number of anilines is 1. The predicted molar refractivity (Wildman–Crippen MR) is 81.2 cm³/mol. The van der Waals surface area contributed by atoms with E-state index >= 15 is 0 Å². The van der Waals surface area contributed by atoms with Crippen molar-refractivity contribution in [3.63, 3.8) is 0 Å². The third-order valence-electron chi connectivity index (χ3n) is 3.57. The molecule has 0 aliphatic heterocycles. The van der Waals surface area contributed by atoms with Gasteiger partial charge in [0, 0.05) is 0 Å². The molecule has 118 valence electrons. The van der Waals surface area contributed by atoms with Crippen LogP contribution in [0.15, 0.2) is 0 Å². The minimum Gasteiger partial charge on any atom is -0.461 e. The molecular weight excluding hydrogens is 268 g/mol. The highest BCUT2D eigenvalue weighted by molar-refractivity contribution is 5.20. The van der Waals surface area contributed by atoms with E-state index in [1.807, 2.05) is 13.8 Å². The average Bonchev–Trinajstić information content (AvgIpc) is 2.22. The zero-order chi connectivity index (χ0) is 15.6. The first kappa shape index (κ1) is 15.8. The van der Waals surface area contributed by atoms with E-state index in [-0.39, 0.29) is 35.6 Å². The molecule has 0 aromatic carbocycles. The highest BCUT2D eigenvalue weighted by Crippen LogP contribution is 2.39. The minimum atomic E-state index is -0.0201. The number of nitrogens with zero attached hydrogens (tertiary/aromatic N) is 3. The fraction of sp³-hybridized carbons (Fsp3) is 0.800. The van der Waals surface area contributed by atoms with Gasteiger partial charge in [-0.05, 0) is 44.4 Å². The van der Waals surface area contributed by atoms with Crippen molar-refractivity contribution in [1.82, 2.24) is 15.0 Å². The predicted octanol–water partition coefficient (Wildman–Crippen LogP) is 2.83. The van der Waals surface area contributed by atoms with Crippen LogP contribution in [0, 0.1) is 11.3 Å². The van der Waals surface area contributed by atoms with Crippen molar-refractivity contribution >= 4 is 5.95 Å². The Bertz CT molecular complexity index is 491. The van der Waals surface area contributed by atoms with Crippen molar-refractivity contribution in [2.24, 2.45) is 11.3 Å². The first-order valence-corrected chi connectivity index (χ1v) is 7.58. The second kappa shape index (κ2) is 6.03. The molecule has 2 atom stereocenters. The van der Waals surface area contributed by atoms with E-state index < -0.39 is 0 Å². The Morgan fingerprint density at radius 1 is 1.14 bits per heavy atom. The van der Waals surface area contributed by atoms with Crippen LogP contribution in [0.3, 0.4) is 0 Å². The van der Waals surface area contributed by atoms with Gasteiger partial charge in [-0.15, -0.1) is 4.98 Å². The molecule has 6 heteroatoms. The Hall–Kier alpha value is -1.59. The van der Waals surface area contributed by atoms with Crippen molar-refractivity contribution in [1.29, 1.82) is 0 Å². The summed E-state index contributed by atoms with van der Waals surface area (Å²) in [6.07, 6.45) is 3.30. The topological polar surface area (TPSA) is 83.2 Å². The van der Waals surface area contributed by atoms with Gasteiger partial charge in [-0.2, -0.15) is 9.97 Å². The lowest BCUT2D eigenvalue weighted by Crippen LogP contribution is -2.34. The van der Waals surface area contributed by atoms with E-state index in [2.05, 4.69) is 35.7 Å². The summed E-state index contributed by atoms with van der Waals surface area (Å²) in [4.78, 5) is 12.2. The van der Waals surface area contributed by atoms with Crippen molar-refractivity contribution in [2.75, 3.05) is 5.73 Å². The second-order valence-electron chi connectivity index (χ2n) is 7.08. The first-order chi connectivity index (χ1) is 9.73. The SMILES string of the molecule is CC1CC(Oc2nc(N)nc(OC(C)C)n2)CC(C)(C)C1. The molecule has 2 N–H and O–H groups in total. The van der Waals surface area contributed by atoms with E-state index in [4.69, 9.17) is 15.2 Å². The molecule has 0 bridgehead atoms. The number of nitrogen functional groups attached to an aromatic ring is 1. The lowest BCUT2D eigenvalue weighted by molar-refractivity contribution is 0.0490. The van der Waals surface area contributed by atoms with E-state index in [0.29, 0.717) is 5.92 Å². The lowest BCUT2D eigenvalue weighted by atomic mass is 9.71. The van der Waals surface area contributed by atoms with Gasteiger partial charge < -0.3 is 15.2 Å². The zero-order valence-electron chi connectivity index (χ0n) is 13.6. The summed E-state index contributed by atoms with van der Waals surface area (Å²) in [7, 11) is 0. The van der Waals surface area contributed by atoms with Crippen LogP contribution >= 0.6 is 0 Å². The number of ether oxygens (including phenoxy) is 2. The Morgan fingerprint density at radius 3 is 2.43 bits per heavy atom. The van der Waals surface area contributed by atoms with Crippen LogP contribution < -0.4 is 15.2 Å². The number of rotatable bonds is 4. The smallest absolute Gasteiger partial charge is 0.324 e. The zero-order valence-corrected chi connectivity index (χ0v) is 13.6. The molecule has 0 radical (unpaired) electrons. The third kappa shape index (κ3) is 4.72. The maximum Gasteiger partial charge on any atom is 0.324 e. The van der Waals surface area contributed by atoms with E-state index in [1.54, 1.807) is 0 Å². The maximum absolute atomic E-state index is 5.94. The standard InChI is InChI=1S/C15H26N4O2/c1-9(2)20-13-17-12(16)18-14(19-13)21-11-6-10(3)7-15(4,5)8-11/h9-11H,6-8H2,1-5H3,(H2,16,17,18,19). The van der Waals surface area contributed by atoms with Crippen molar-refractivity contribution in [2.45, 2.75) is 66.1 Å². The van der Waals surface area contributed by atoms with Gasteiger partial charge in [0.1, 0.15) is 6.10 Å². The number of nitrogens with two attached hydrogens (primary N) is 1. The normalized spacial score (nSPS) is 24.9. The van der Waals surface area contributed by atoms with Gasteiger partial charge in [-0.25, -0.2) is 0 Å². The van der Waals surface area contributed by atoms with E-state index in [9.17, 15) is 0 Å². The Balaban J connectivity index is 2.10. The van der Waals surface area contributed by atoms with Gasteiger partial charge in [0.15, 0.2) is 0 Å². The molecule has 0 saturated heterocycles. The highest BCUT2D eigenvalue weighted by atomic mass is 16.5. The van der Waals surface area contributed by atoms with Gasteiger partial charge in [-0.1, -0.05) is 20.8 Å². The number of hydrogen-bond acceptors (Lipinski definition) is 6. The van der Waals surface area contributed by atoms with Gasteiger partial charge in [0.2, 0.25) is 5.95 Å². The molecule has 0 spiro atoms. The highest BCUT2D eigenvalue weighted by Gasteiger charge is 2.33. The molecular formula is C15H26N4O2. The molecule has 1 aromatic rings. The quantitative estimate of drug-likeness (QED) is 0.919. The molecule has 6 nitrogen and oxygen atoms in total.